The molecule has 0 aromatic heterocycles. The Labute approximate surface area is 118 Å². The van der Waals surface area contributed by atoms with Crippen LogP contribution in [0.3, 0.4) is 0 Å². The number of alkyl halides is 1. The van der Waals surface area contributed by atoms with Crippen molar-refractivity contribution in [3.63, 3.8) is 0 Å². The number of hydrogen-bond donors (Lipinski definition) is 1. The molecule has 0 aliphatic rings. The van der Waals surface area contributed by atoms with Crippen LogP contribution in [0.5, 0.6) is 0 Å². The van der Waals surface area contributed by atoms with Crippen molar-refractivity contribution >= 4 is 37.2 Å². The summed E-state index contributed by atoms with van der Waals surface area (Å²) in [5, 5.41) is 2.05. The fourth-order valence-electron chi connectivity index (χ4n) is 1.25. The van der Waals surface area contributed by atoms with Gasteiger partial charge in [0, 0.05) is 17.2 Å². The van der Waals surface area contributed by atoms with Gasteiger partial charge >= 0.3 is 0 Å². The Balaban J connectivity index is 3.11. The third kappa shape index (κ3) is 4.29. The van der Waals surface area contributed by atoms with E-state index in [0.717, 1.165) is 6.07 Å². The molecule has 0 atom stereocenters. The van der Waals surface area contributed by atoms with Gasteiger partial charge in [-0.1, -0.05) is 11.6 Å². The Bertz CT molecular complexity index is 593. The summed E-state index contributed by atoms with van der Waals surface area (Å²) < 4.78 is 47.4. The molecule has 0 saturated carbocycles. The minimum absolute atomic E-state index is 0.0476. The van der Waals surface area contributed by atoms with E-state index in [0.29, 0.717) is 6.07 Å². The summed E-state index contributed by atoms with van der Waals surface area (Å²) in [4.78, 5) is 10.8. The van der Waals surface area contributed by atoms with Gasteiger partial charge in [0.05, 0.1) is 17.3 Å². The lowest BCUT2D eigenvalue weighted by molar-refractivity contribution is 0.0952. The second-order valence-corrected chi connectivity index (χ2v) is 6.44. The van der Waals surface area contributed by atoms with Gasteiger partial charge in [-0.3, -0.25) is 9.18 Å². The van der Waals surface area contributed by atoms with E-state index >= 15 is 0 Å². The summed E-state index contributed by atoms with van der Waals surface area (Å²) in [5.74, 6) is -1.89. The number of hydrogen-bond acceptors (Lipinski definition) is 3. The zero-order chi connectivity index (χ0) is 14.6. The molecule has 0 fully saturated rings. The summed E-state index contributed by atoms with van der Waals surface area (Å²) >= 11 is 5.65. The Morgan fingerprint density at radius 1 is 1.37 bits per heavy atom. The van der Waals surface area contributed by atoms with Crippen molar-refractivity contribution in [2.75, 3.05) is 13.2 Å². The van der Waals surface area contributed by atoms with Crippen molar-refractivity contribution in [2.24, 2.45) is 0 Å². The van der Waals surface area contributed by atoms with Gasteiger partial charge in [-0.2, -0.15) is 0 Å². The van der Waals surface area contributed by atoms with E-state index in [4.69, 9.17) is 22.3 Å². The van der Waals surface area contributed by atoms with E-state index in [1.807, 2.05) is 0 Å². The number of carbonyl (C=O) groups is 1. The highest BCUT2D eigenvalue weighted by Crippen LogP contribution is 2.26. The van der Waals surface area contributed by atoms with Crippen molar-refractivity contribution in [2.45, 2.75) is 11.3 Å². The van der Waals surface area contributed by atoms with Gasteiger partial charge in [-0.15, -0.1) is 0 Å². The van der Waals surface area contributed by atoms with E-state index in [-0.39, 0.29) is 23.6 Å². The van der Waals surface area contributed by atoms with Crippen LogP contribution in [0, 0.1) is 5.82 Å². The highest BCUT2D eigenvalue weighted by Gasteiger charge is 2.21. The lowest BCUT2D eigenvalue weighted by atomic mass is 10.2. The summed E-state index contributed by atoms with van der Waals surface area (Å²) in [7, 11) is 0.695. The van der Waals surface area contributed by atoms with Crippen LogP contribution in [0.15, 0.2) is 17.0 Å². The molecule has 106 valence electrons. The number of benzene rings is 1. The molecule has 1 amide bonds. The van der Waals surface area contributed by atoms with Crippen molar-refractivity contribution in [1.29, 1.82) is 0 Å². The molecular weight excluding hydrogens is 323 g/mol. The maximum Gasteiger partial charge on any atom is 0.264 e. The Hall–Kier alpha value is -0.920. The second-order valence-electron chi connectivity index (χ2n) is 3.50. The largest absolute Gasteiger partial charge is 0.352 e. The minimum Gasteiger partial charge on any atom is -0.352 e. The van der Waals surface area contributed by atoms with E-state index < -0.39 is 32.3 Å². The summed E-state index contributed by atoms with van der Waals surface area (Å²) in [5.41, 5.74) is -0.249. The van der Waals surface area contributed by atoms with Gasteiger partial charge in [0.1, 0.15) is 10.7 Å². The predicted molar refractivity (Wildman–Crippen MR) is 67.4 cm³/mol. The Morgan fingerprint density at radius 2 is 2.00 bits per heavy atom. The second kappa shape index (κ2) is 6.49. The van der Waals surface area contributed by atoms with Crippen LogP contribution in [0.2, 0.25) is 5.02 Å². The number of carbonyl (C=O) groups excluding carboxylic acids is 1. The quantitative estimate of drug-likeness (QED) is 0.666. The predicted octanol–water partition coefficient (Wildman–Crippen LogP) is 2.50. The topological polar surface area (TPSA) is 63.2 Å². The molecule has 4 nitrogen and oxygen atoms in total. The molecule has 0 radical (unpaired) electrons. The van der Waals surface area contributed by atoms with Crippen molar-refractivity contribution in [3.05, 3.63) is 28.5 Å². The molecule has 0 spiro atoms. The maximum atomic E-state index is 13.4. The number of halogens is 4. The molecule has 9 heteroatoms. The molecule has 0 heterocycles. The van der Waals surface area contributed by atoms with E-state index in [1.165, 1.54) is 0 Å². The first kappa shape index (κ1) is 16.1. The summed E-state index contributed by atoms with van der Waals surface area (Å²) in [6, 6.07) is 1.42. The van der Waals surface area contributed by atoms with Crippen LogP contribution < -0.4 is 5.32 Å². The monoisotopic (exact) mass is 331 g/mol. The third-order valence-electron chi connectivity index (χ3n) is 2.12. The van der Waals surface area contributed by atoms with E-state index in [1.54, 1.807) is 0 Å². The van der Waals surface area contributed by atoms with Crippen LogP contribution in [0.4, 0.5) is 8.78 Å². The maximum absolute atomic E-state index is 13.4. The Morgan fingerprint density at radius 3 is 2.53 bits per heavy atom. The number of rotatable bonds is 5. The molecule has 1 N–H and O–H groups in total. The van der Waals surface area contributed by atoms with Gasteiger partial charge in [-0.25, -0.2) is 12.8 Å². The average molecular weight is 332 g/mol. The molecule has 0 unspecified atom stereocenters. The minimum atomic E-state index is -4.33. The van der Waals surface area contributed by atoms with Gasteiger partial charge in [0.2, 0.25) is 0 Å². The molecule has 1 aromatic carbocycles. The SMILES string of the molecule is O=C(NCCCF)c1cc(S(=O)(=O)Cl)c(F)cc1Cl. The van der Waals surface area contributed by atoms with Crippen LogP contribution in [0.1, 0.15) is 16.8 Å². The highest BCUT2D eigenvalue weighted by atomic mass is 35.7. The fraction of sp³-hybridized carbons (Fsp3) is 0.300. The molecular formula is C10H9Cl2F2NO3S. The van der Waals surface area contributed by atoms with Gasteiger partial charge in [0.15, 0.2) is 0 Å². The van der Waals surface area contributed by atoms with Crippen molar-refractivity contribution < 1.29 is 22.0 Å². The Kier molecular flexibility index (Phi) is 5.51. The summed E-state index contributed by atoms with van der Waals surface area (Å²) in [6.45, 7) is -0.565. The number of amides is 1. The normalized spacial score (nSPS) is 11.4. The summed E-state index contributed by atoms with van der Waals surface area (Å²) in [6.07, 6.45) is 0.102. The van der Waals surface area contributed by atoms with Crippen LogP contribution in [0.25, 0.3) is 0 Å². The van der Waals surface area contributed by atoms with Crippen LogP contribution in [-0.2, 0) is 9.05 Å². The van der Waals surface area contributed by atoms with E-state index in [9.17, 15) is 22.0 Å². The van der Waals surface area contributed by atoms with Crippen LogP contribution >= 0.6 is 22.3 Å². The van der Waals surface area contributed by atoms with Gasteiger partial charge in [0.25, 0.3) is 15.0 Å². The first-order chi connectivity index (χ1) is 8.77. The zero-order valence-electron chi connectivity index (χ0n) is 9.42. The molecule has 1 rings (SSSR count). The van der Waals surface area contributed by atoms with E-state index in [2.05, 4.69) is 5.32 Å². The first-order valence-corrected chi connectivity index (χ1v) is 7.74. The first-order valence-electron chi connectivity index (χ1n) is 5.05. The standard InChI is InChI=1S/C10H9Cl2F2NO3S/c11-7-5-8(14)9(19(12,17)18)4-6(7)10(16)15-3-1-2-13/h4-5H,1-3H2,(H,15,16). The van der Waals surface area contributed by atoms with Crippen molar-refractivity contribution in [1.82, 2.24) is 5.32 Å². The molecule has 1 aromatic rings. The average Bonchev–Trinajstić information content (AvgIpc) is 2.27. The lowest BCUT2D eigenvalue weighted by Gasteiger charge is -2.08. The highest BCUT2D eigenvalue weighted by molar-refractivity contribution is 8.13. The smallest absolute Gasteiger partial charge is 0.264 e. The molecule has 0 bridgehead atoms. The molecule has 0 aliphatic carbocycles. The lowest BCUT2D eigenvalue weighted by Crippen LogP contribution is -2.25. The molecule has 19 heavy (non-hydrogen) atoms. The third-order valence-corrected chi connectivity index (χ3v) is 3.77. The molecule has 0 saturated heterocycles. The number of nitrogens with one attached hydrogen (secondary N) is 1. The zero-order valence-corrected chi connectivity index (χ0v) is 11.7. The molecule has 0 aliphatic heterocycles. The fourth-order valence-corrected chi connectivity index (χ4v) is 2.40. The van der Waals surface area contributed by atoms with Gasteiger partial charge < -0.3 is 5.32 Å². The van der Waals surface area contributed by atoms with Gasteiger partial charge in [-0.05, 0) is 18.6 Å². The van der Waals surface area contributed by atoms with Crippen molar-refractivity contribution in [3.8, 4) is 0 Å². The van der Waals surface area contributed by atoms with Crippen LogP contribution in [-0.4, -0.2) is 27.5 Å².